The lowest BCUT2D eigenvalue weighted by Gasteiger charge is -2.11. The molecular formula is C17H14ClNO. The van der Waals surface area contributed by atoms with Crippen LogP contribution in [0.15, 0.2) is 36.4 Å². The molecule has 0 aliphatic carbocycles. The smallest absolute Gasteiger partial charge is 0.127 e. The van der Waals surface area contributed by atoms with Crippen molar-refractivity contribution in [3.63, 3.8) is 0 Å². The molecule has 0 fully saturated rings. The van der Waals surface area contributed by atoms with Gasteiger partial charge in [0.1, 0.15) is 5.75 Å². The summed E-state index contributed by atoms with van der Waals surface area (Å²) in [4.78, 5) is 0. The van der Waals surface area contributed by atoms with Gasteiger partial charge in [0.25, 0.3) is 0 Å². The molecule has 0 amide bonds. The first kappa shape index (κ1) is 12.9. The molecular weight excluding hydrogens is 270 g/mol. The first-order valence-electron chi connectivity index (χ1n) is 6.51. The molecule has 0 bridgehead atoms. The minimum atomic E-state index is 0.664. The maximum Gasteiger partial charge on any atom is 0.127 e. The van der Waals surface area contributed by atoms with Crippen LogP contribution < -0.4 is 10.1 Å². The van der Waals surface area contributed by atoms with Gasteiger partial charge in [0.15, 0.2) is 0 Å². The van der Waals surface area contributed by atoms with Crippen LogP contribution in [0.1, 0.15) is 16.7 Å². The van der Waals surface area contributed by atoms with Gasteiger partial charge < -0.3 is 10.1 Å². The minimum absolute atomic E-state index is 0.664. The first-order chi connectivity index (χ1) is 9.76. The third kappa shape index (κ3) is 2.59. The van der Waals surface area contributed by atoms with E-state index in [9.17, 15) is 0 Å². The van der Waals surface area contributed by atoms with Crippen LogP contribution in [0.4, 0.5) is 5.69 Å². The van der Waals surface area contributed by atoms with E-state index >= 15 is 0 Å². The van der Waals surface area contributed by atoms with Crippen molar-refractivity contribution in [3.8, 4) is 18.1 Å². The normalized spacial score (nSPS) is 12.4. The van der Waals surface area contributed by atoms with Crippen molar-refractivity contribution >= 4 is 17.3 Å². The molecule has 1 N–H and O–H groups in total. The molecule has 3 heteroatoms. The maximum atomic E-state index is 6.15. The highest BCUT2D eigenvalue weighted by Crippen LogP contribution is 2.33. The van der Waals surface area contributed by atoms with E-state index in [2.05, 4.69) is 11.2 Å². The largest absolute Gasteiger partial charge is 0.493 e. The van der Waals surface area contributed by atoms with Crippen molar-refractivity contribution in [1.82, 2.24) is 0 Å². The Morgan fingerprint density at radius 2 is 2.20 bits per heavy atom. The van der Waals surface area contributed by atoms with E-state index in [1.165, 1.54) is 5.56 Å². The Morgan fingerprint density at radius 1 is 1.30 bits per heavy atom. The summed E-state index contributed by atoms with van der Waals surface area (Å²) in [6.07, 6.45) is 6.33. The predicted molar refractivity (Wildman–Crippen MR) is 82.4 cm³/mol. The fourth-order valence-electron chi connectivity index (χ4n) is 2.39. The second-order valence-corrected chi connectivity index (χ2v) is 5.17. The van der Waals surface area contributed by atoms with E-state index in [1.807, 2.05) is 36.4 Å². The number of rotatable bonds is 3. The topological polar surface area (TPSA) is 21.3 Å². The van der Waals surface area contributed by atoms with Gasteiger partial charge in [-0.25, -0.2) is 0 Å². The maximum absolute atomic E-state index is 6.15. The van der Waals surface area contributed by atoms with E-state index in [0.717, 1.165) is 40.6 Å². The Kier molecular flexibility index (Phi) is 3.54. The number of ether oxygens (including phenoxy) is 1. The van der Waals surface area contributed by atoms with Crippen LogP contribution >= 0.6 is 11.6 Å². The molecule has 0 spiro atoms. The number of anilines is 1. The Morgan fingerprint density at radius 3 is 3.05 bits per heavy atom. The van der Waals surface area contributed by atoms with Crippen LogP contribution in [-0.2, 0) is 13.0 Å². The third-order valence-electron chi connectivity index (χ3n) is 3.34. The van der Waals surface area contributed by atoms with Gasteiger partial charge in [0.2, 0.25) is 0 Å². The number of nitrogens with one attached hydrogen (secondary N) is 1. The molecule has 0 saturated heterocycles. The van der Waals surface area contributed by atoms with Crippen LogP contribution in [0, 0.1) is 12.3 Å². The molecule has 0 aromatic heterocycles. The molecule has 20 heavy (non-hydrogen) atoms. The number of hydrogen-bond acceptors (Lipinski definition) is 2. The van der Waals surface area contributed by atoms with Gasteiger partial charge in [-0.2, -0.15) is 0 Å². The standard InChI is InChI=1S/C17H14ClNO/c1-2-12-4-3-5-16(8-12)19-11-14-10-15(18)9-13-6-7-20-17(13)14/h1,3-5,8-10,19H,6-7,11H2. The summed E-state index contributed by atoms with van der Waals surface area (Å²) >= 11 is 6.15. The zero-order valence-electron chi connectivity index (χ0n) is 10.9. The Hall–Kier alpha value is -2.11. The minimum Gasteiger partial charge on any atom is -0.493 e. The Balaban J connectivity index is 1.80. The molecule has 2 aromatic rings. The van der Waals surface area contributed by atoms with Gasteiger partial charge in [0.05, 0.1) is 6.61 Å². The SMILES string of the molecule is C#Cc1cccc(NCc2cc(Cl)cc3c2OCC3)c1. The van der Waals surface area contributed by atoms with Crippen molar-refractivity contribution in [3.05, 3.63) is 58.1 Å². The van der Waals surface area contributed by atoms with E-state index in [4.69, 9.17) is 22.8 Å². The average Bonchev–Trinajstić information content (AvgIpc) is 2.93. The molecule has 100 valence electrons. The zero-order chi connectivity index (χ0) is 13.9. The molecule has 1 aliphatic rings. The van der Waals surface area contributed by atoms with Crippen LogP contribution in [0.3, 0.4) is 0 Å². The molecule has 0 atom stereocenters. The van der Waals surface area contributed by atoms with E-state index in [0.29, 0.717) is 6.54 Å². The van der Waals surface area contributed by atoms with Crippen molar-refractivity contribution < 1.29 is 4.74 Å². The van der Waals surface area contributed by atoms with Gasteiger partial charge in [0, 0.05) is 34.8 Å². The van der Waals surface area contributed by atoms with Crippen molar-refractivity contribution in [1.29, 1.82) is 0 Å². The highest BCUT2D eigenvalue weighted by atomic mass is 35.5. The Labute approximate surface area is 123 Å². The van der Waals surface area contributed by atoms with E-state index in [1.54, 1.807) is 0 Å². The quantitative estimate of drug-likeness (QED) is 0.864. The summed E-state index contributed by atoms with van der Waals surface area (Å²) in [5.74, 6) is 3.60. The lowest BCUT2D eigenvalue weighted by Crippen LogP contribution is -2.02. The van der Waals surface area contributed by atoms with Gasteiger partial charge in [-0.1, -0.05) is 23.6 Å². The summed E-state index contributed by atoms with van der Waals surface area (Å²) < 4.78 is 5.69. The zero-order valence-corrected chi connectivity index (χ0v) is 11.7. The van der Waals surface area contributed by atoms with Gasteiger partial charge in [-0.15, -0.1) is 6.42 Å². The molecule has 1 aliphatic heterocycles. The van der Waals surface area contributed by atoms with Crippen LogP contribution in [0.25, 0.3) is 0 Å². The predicted octanol–water partition coefficient (Wildman–Crippen LogP) is 3.87. The van der Waals surface area contributed by atoms with Crippen molar-refractivity contribution in [2.45, 2.75) is 13.0 Å². The molecule has 2 nitrogen and oxygen atoms in total. The van der Waals surface area contributed by atoms with Crippen molar-refractivity contribution in [2.24, 2.45) is 0 Å². The Bertz CT molecular complexity index is 688. The molecule has 0 radical (unpaired) electrons. The number of benzene rings is 2. The summed E-state index contributed by atoms with van der Waals surface area (Å²) in [5, 5.41) is 4.11. The summed E-state index contributed by atoms with van der Waals surface area (Å²) in [6.45, 7) is 1.40. The lowest BCUT2D eigenvalue weighted by molar-refractivity contribution is 0.354. The second kappa shape index (κ2) is 5.48. The summed E-state index contributed by atoms with van der Waals surface area (Å²) in [5.41, 5.74) is 4.12. The summed E-state index contributed by atoms with van der Waals surface area (Å²) in [6, 6.07) is 11.7. The van der Waals surface area contributed by atoms with Crippen molar-refractivity contribution in [2.75, 3.05) is 11.9 Å². The molecule has 2 aromatic carbocycles. The van der Waals surface area contributed by atoms with E-state index in [-0.39, 0.29) is 0 Å². The highest BCUT2D eigenvalue weighted by Gasteiger charge is 2.17. The van der Waals surface area contributed by atoms with Gasteiger partial charge in [-0.05, 0) is 35.9 Å². The van der Waals surface area contributed by atoms with Crippen LogP contribution in [-0.4, -0.2) is 6.61 Å². The molecule has 1 heterocycles. The number of fused-ring (bicyclic) bond motifs is 1. The van der Waals surface area contributed by atoms with Crippen LogP contribution in [0.5, 0.6) is 5.75 Å². The number of hydrogen-bond donors (Lipinski definition) is 1. The fourth-order valence-corrected chi connectivity index (χ4v) is 2.66. The number of halogens is 1. The number of terminal acetylenes is 1. The molecule has 0 unspecified atom stereocenters. The summed E-state index contributed by atoms with van der Waals surface area (Å²) in [7, 11) is 0. The monoisotopic (exact) mass is 283 g/mol. The lowest BCUT2D eigenvalue weighted by atomic mass is 10.1. The van der Waals surface area contributed by atoms with Crippen LogP contribution in [0.2, 0.25) is 5.02 Å². The van der Waals surface area contributed by atoms with Gasteiger partial charge in [-0.3, -0.25) is 0 Å². The second-order valence-electron chi connectivity index (χ2n) is 4.73. The van der Waals surface area contributed by atoms with Gasteiger partial charge >= 0.3 is 0 Å². The highest BCUT2D eigenvalue weighted by molar-refractivity contribution is 6.30. The fraction of sp³-hybridized carbons (Fsp3) is 0.176. The van der Waals surface area contributed by atoms with E-state index < -0.39 is 0 Å². The molecule has 0 saturated carbocycles. The molecule has 3 rings (SSSR count). The third-order valence-corrected chi connectivity index (χ3v) is 3.56. The average molecular weight is 284 g/mol. The first-order valence-corrected chi connectivity index (χ1v) is 6.89.